The highest BCUT2D eigenvalue weighted by Crippen LogP contribution is 2.15. The number of hydrogen-bond donors (Lipinski definition) is 0. The number of hydrogen-bond acceptors (Lipinski definition) is 2. The summed E-state index contributed by atoms with van der Waals surface area (Å²) >= 11 is 0. The van der Waals surface area contributed by atoms with Crippen molar-refractivity contribution in [3.63, 3.8) is 0 Å². The Labute approximate surface area is 106 Å². The first-order valence-corrected chi connectivity index (χ1v) is 9.23. The van der Waals surface area contributed by atoms with Gasteiger partial charge in [-0.3, -0.25) is 0 Å². The van der Waals surface area contributed by atoms with Gasteiger partial charge in [-0.15, -0.1) is 0 Å². The molecule has 1 unspecified atom stereocenters. The minimum atomic E-state index is -1.87. The summed E-state index contributed by atoms with van der Waals surface area (Å²) in [5, 5.41) is 1.31. The summed E-state index contributed by atoms with van der Waals surface area (Å²) < 4.78 is 11.9. The van der Waals surface area contributed by atoms with Crippen LogP contribution in [0.5, 0.6) is 0 Å². The van der Waals surface area contributed by atoms with Crippen molar-refractivity contribution in [1.82, 2.24) is 0 Å². The number of ether oxygens (including phenoxy) is 1. The molecule has 0 radical (unpaired) electrons. The predicted octanol–water partition coefficient (Wildman–Crippen LogP) is 3.13. The minimum absolute atomic E-state index is 0.0955. The second-order valence-corrected chi connectivity index (χ2v) is 8.90. The molecule has 0 heterocycles. The van der Waals surface area contributed by atoms with Gasteiger partial charge in [-0.1, -0.05) is 44.2 Å². The first-order chi connectivity index (χ1) is 7.97. The Balaban J connectivity index is 2.77. The van der Waals surface area contributed by atoms with Crippen molar-refractivity contribution in [2.45, 2.75) is 40.2 Å². The van der Waals surface area contributed by atoms with Gasteiger partial charge in [0.2, 0.25) is 8.32 Å². The van der Waals surface area contributed by atoms with Gasteiger partial charge in [-0.2, -0.15) is 0 Å². The average molecular weight is 252 g/mol. The van der Waals surface area contributed by atoms with E-state index in [0.717, 1.165) is 0 Å². The average Bonchev–Trinajstić information content (AvgIpc) is 2.29. The fourth-order valence-electron chi connectivity index (χ4n) is 1.72. The van der Waals surface area contributed by atoms with Gasteiger partial charge >= 0.3 is 0 Å². The first kappa shape index (κ1) is 14.4. The SMILES string of the molecule is CCOC(O[Si](C)(C)c1ccccc1)C(C)C. The molecule has 0 fully saturated rings. The minimum Gasteiger partial charge on any atom is -0.388 e. The Kier molecular flexibility index (Phi) is 5.37. The molecule has 0 aliphatic rings. The monoisotopic (exact) mass is 252 g/mol. The van der Waals surface area contributed by atoms with E-state index >= 15 is 0 Å². The van der Waals surface area contributed by atoms with Crippen LogP contribution in [0.3, 0.4) is 0 Å². The molecular formula is C14H24O2Si. The molecule has 1 rings (SSSR count). The van der Waals surface area contributed by atoms with Crippen molar-refractivity contribution < 1.29 is 9.16 Å². The van der Waals surface area contributed by atoms with Crippen LogP contribution >= 0.6 is 0 Å². The van der Waals surface area contributed by atoms with Crippen molar-refractivity contribution in [2.75, 3.05) is 6.61 Å². The zero-order valence-electron chi connectivity index (χ0n) is 11.6. The summed E-state index contributed by atoms with van der Waals surface area (Å²) in [6.07, 6.45) is -0.0955. The Morgan fingerprint density at radius 3 is 2.18 bits per heavy atom. The van der Waals surface area contributed by atoms with Gasteiger partial charge in [0.05, 0.1) is 0 Å². The molecule has 3 heteroatoms. The zero-order chi connectivity index (χ0) is 12.9. The zero-order valence-corrected chi connectivity index (χ0v) is 12.6. The highest BCUT2D eigenvalue weighted by atomic mass is 28.4. The Hall–Kier alpha value is -0.643. The maximum atomic E-state index is 6.24. The molecule has 0 bridgehead atoms. The molecule has 1 aromatic rings. The number of rotatable bonds is 6. The first-order valence-electron chi connectivity index (χ1n) is 6.32. The van der Waals surface area contributed by atoms with Crippen molar-refractivity contribution in [3.05, 3.63) is 30.3 Å². The van der Waals surface area contributed by atoms with Gasteiger partial charge in [0.25, 0.3) is 0 Å². The van der Waals surface area contributed by atoms with Crippen LogP contribution in [-0.4, -0.2) is 21.2 Å². The fraction of sp³-hybridized carbons (Fsp3) is 0.571. The molecule has 1 atom stereocenters. The molecule has 0 amide bonds. The van der Waals surface area contributed by atoms with Gasteiger partial charge in [-0.25, -0.2) is 0 Å². The molecule has 1 aromatic carbocycles. The van der Waals surface area contributed by atoms with E-state index in [1.165, 1.54) is 5.19 Å². The van der Waals surface area contributed by atoms with Gasteiger partial charge in [0.1, 0.15) is 6.29 Å². The van der Waals surface area contributed by atoms with Gasteiger partial charge < -0.3 is 9.16 Å². The Morgan fingerprint density at radius 2 is 1.71 bits per heavy atom. The molecule has 0 saturated heterocycles. The van der Waals surface area contributed by atoms with Gasteiger partial charge in [-0.05, 0) is 25.2 Å². The van der Waals surface area contributed by atoms with E-state index < -0.39 is 8.32 Å². The molecule has 2 nitrogen and oxygen atoms in total. The molecule has 96 valence electrons. The lowest BCUT2D eigenvalue weighted by atomic mass is 10.2. The van der Waals surface area contributed by atoms with E-state index in [9.17, 15) is 0 Å². The third-order valence-electron chi connectivity index (χ3n) is 2.76. The van der Waals surface area contributed by atoms with Crippen LogP contribution in [0.1, 0.15) is 20.8 Å². The summed E-state index contributed by atoms with van der Waals surface area (Å²) in [6.45, 7) is 11.4. The summed E-state index contributed by atoms with van der Waals surface area (Å²) in [5.74, 6) is 0.380. The molecule has 0 aromatic heterocycles. The van der Waals surface area contributed by atoms with Crippen molar-refractivity contribution in [1.29, 1.82) is 0 Å². The second-order valence-electron chi connectivity index (χ2n) is 5.06. The Bertz CT molecular complexity index is 322. The maximum Gasteiger partial charge on any atom is 0.221 e. The van der Waals surface area contributed by atoms with E-state index in [1.807, 2.05) is 13.0 Å². The summed E-state index contributed by atoms with van der Waals surface area (Å²) in [6, 6.07) is 10.5. The van der Waals surface area contributed by atoms with Crippen LogP contribution in [-0.2, 0) is 9.16 Å². The third kappa shape index (κ3) is 4.26. The lowest BCUT2D eigenvalue weighted by Crippen LogP contribution is -2.49. The quantitative estimate of drug-likeness (QED) is 0.572. The van der Waals surface area contributed by atoms with E-state index in [4.69, 9.17) is 9.16 Å². The summed E-state index contributed by atoms with van der Waals surface area (Å²) in [7, 11) is -1.87. The highest BCUT2D eigenvalue weighted by Gasteiger charge is 2.30. The molecule has 0 aliphatic heterocycles. The normalized spacial score (nSPS) is 14.0. The van der Waals surface area contributed by atoms with Crippen LogP contribution in [0, 0.1) is 5.92 Å². The molecule has 0 spiro atoms. The Morgan fingerprint density at radius 1 is 1.12 bits per heavy atom. The number of benzene rings is 1. The lowest BCUT2D eigenvalue weighted by Gasteiger charge is -2.31. The molecular weight excluding hydrogens is 228 g/mol. The molecule has 17 heavy (non-hydrogen) atoms. The van der Waals surface area contributed by atoms with E-state index in [0.29, 0.717) is 12.5 Å². The second kappa shape index (κ2) is 6.33. The van der Waals surface area contributed by atoms with E-state index in [-0.39, 0.29) is 6.29 Å². The topological polar surface area (TPSA) is 18.5 Å². The van der Waals surface area contributed by atoms with Crippen LogP contribution in [0.25, 0.3) is 0 Å². The van der Waals surface area contributed by atoms with Crippen molar-refractivity contribution >= 4 is 13.5 Å². The smallest absolute Gasteiger partial charge is 0.221 e. The van der Waals surface area contributed by atoms with Crippen LogP contribution in [0.2, 0.25) is 13.1 Å². The standard InChI is InChI=1S/C14H24O2Si/c1-6-15-14(12(2)3)16-17(4,5)13-10-8-7-9-11-13/h7-12,14H,6H2,1-5H3. The fourth-order valence-corrected chi connectivity index (χ4v) is 3.78. The third-order valence-corrected chi connectivity index (χ3v) is 5.30. The van der Waals surface area contributed by atoms with Crippen molar-refractivity contribution in [3.8, 4) is 0 Å². The predicted molar refractivity (Wildman–Crippen MR) is 74.9 cm³/mol. The lowest BCUT2D eigenvalue weighted by molar-refractivity contribution is -0.108. The van der Waals surface area contributed by atoms with E-state index in [1.54, 1.807) is 0 Å². The van der Waals surface area contributed by atoms with Gasteiger partial charge in [0.15, 0.2) is 0 Å². The molecule has 0 aliphatic carbocycles. The summed E-state index contributed by atoms with van der Waals surface area (Å²) in [4.78, 5) is 0. The van der Waals surface area contributed by atoms with E-state index in [2.05, 4.69) is 51.2 Å². The molecule has 0 saturated carbocycles. The highest BCUT2D eigenvalue weighted by molar-refractivity contribution is 6.84. The van der Waals surface area contributed by atoms with Crippen LogP contribution in [0.4, 0.5) is 0 Å². The van der Waals surface area contributed by atoms with Gasteiger partial charge in [0, 0.05) is 12.5 Å². The van der Waals surface area contributed by atoms with Crippen LogP contribution in [0.15, 0.2) is 30.3 Å². The summed E-state index contributed by atoms with van der Waals surface area (Å²) in [5.41, 5.74) is 0. The van der Waals surface area contributed by atoms with Crippen molar-refractivity contribution in [2.24, 2.45) is 5.92 Å². The van der Waals surface area contributed by atoms with Crippen LogP contribution < -0.4 is 5.19 Å². The largest absolute Gasteiger partial charge is 0.388 e. The molecule has 0 N–H and O–H groups in total. The maximum absolute atomic E-state index is 6.24.